The van der Waals surface area contributed by atoms with Crippen molar-refractivity contribution in [3.8, 4) is 17.2 Å². The van der Waals surface area contributed by atoms with Crippen LogP contribution >= 0.6 is 34.2 Å². The van der Waals surface area contributed by atoms with Gasteiger partial charge in [-0.25, -0.2) is 12.8 Å². The lowest BCUT2D eigenvalue weighted by Gasteiger charge is -2.42. The van der Waals surface area contributed by atoms with E-state index in [9.17, 15) is 18.3 Å². The number of carbonyl (C=O) groups is 1. The molecule has 332 valence electrons. The maximum Gasteiger partial charge on any atom is 0.328 e. The van der Waals surface area contributed by atoms with E-state index in [-0.39, 0.29) is 31.0 Å². The molecule has 1 fully saturated rings. The van der Waals surface area contributed by atoms with Crippen LogP contribution in [-0.4, -0.2) is 86.5 Å². The molecule has 1 unspecified atom stereocenters. The lowest BCUT2D eigenvalue weighted by atomic mass is 9.70. The maximum atomic E-state index is 16.6. The van der Waals surface area contributed by atoms with E-state index in [0.29, 0.717) is 49.2 Å². The minimum absolute atomic E-state index is 0.0364. The third-order valence-corrected chi connectivity index (χ3v) is 16.3. The molecule has 2 heterocycles. The third-order valence-electron chi connectivity index (χ3n) is 13.0. The quantitative estimate of drug-likeness (QED) is 0.110. The highest BCUT2D eigenvalue weighted by Gasteiger charge is 2.44. The van der Waals surface area contributed by atoms with E-state index in [4.69, 9.17) is 25.8 Å². The van der Waals surface area contributed by atoms with Crippen LogP contribution in [0.3, 0.4) is 0 Å². The number of aryl methyl sites for hydroxylation is 1. The lowest BCUT2D eigenvalue weighted by molar-refractivity contribution is -0.142. The van der Waals surface area contributed by atoms with Gasteiger partial charge in [-0.05, 0) is 157 Å². The summed E-state index contributed by atoms with van der Waals surface area (Å²) >= 11 is 8.76. The Labute approximate surface area is 384 Å². The van der Waals surface area contributed by atoms with Gasteiger partial charge in [0.25, 0.3) is 0 Å². The van der Waals surface area contributed by atoms with Gasteiger partial charge < -0.3 is 24.2 Å². The highest BCUT2D eigenvalue weighted by Crippen LogP contribution is 2.45. The largest absolute Gasteiger partial charge is 0.497 e. The molecule has 1 aliphatic carbocycles. The number of hydrogen-bond donors (Lipinski definition) is 1. The van der Waals surface area contributed by atoms with Crippen molar-refractivity contribution >= 4 is 55.9 Å². The van der Waals surface area contributed by atoms with E-state index in [1.54, 1.807) is 57.2 Å². The van der Waals surface area contributed by atoms with Gasteiger partial charge >= 0.3 is 5.97 Å². The van der Waals surface area contributed by atoms with Crippen molar-refractivity contribution in [2.24, 2.45) is 5.92 Å². The minimum Gasteiger partial charge on any atom is -0.497 e. The number of ether oxygens (including phenoxy) is 3. The molecular formula is C48H56ClFIN3O7S. The summed E-state index contributed by atoms with van der Waals surface area (Å²) in [5.41, 5.74) is 4.67. The number of allylic oxidation sites excluding steroid dienone is 1. The molecule has 4 aromatic carbocycles. The first kappa shape index (κ1) is 46.1. The number of likely N-dealkylation sites (tertiary alicyclic amines) is 1. The van der Waals surface area contributed by atoms with Crippen LogP contribution in [0.15, 0.2) is 96.8 Å². The Morgan fingerprint density at radius 2 is 1.66 bits per heavy atom. The van der Waals surface area contributed by atoms with Crippen molar-refractivity contribution in [1.29, 1.82) is 0 Å². The van der Waals surface area contributed by atoms with E-state index in [0.717, 1.165) is 51.8 Å². The summed E-state index contributed by atoms with van der Waals surface area (Å²) in [7, 11) is -0.796. The van der Waals surface area contributed by atoms with Crippen LogP contribution in [0.1, 0.15) is 68.2 Å². The number of carboxylic acids is 1. The van der Waals surface area contributed by atoms with Crippen LogP contribution in [0.25, 0.3) is 0 Å². The summed E-state index contributed by atoms with van der Waals surface area (Å²) in [6.07, 6.45) is 5.62. The van der Waals surface area contributed by atoms with Crippen LogP contribution in [0.2, 0.25) is 5.02 Å². The summed E-state index contributed by atoms with van der Waals surface area (Å²) in [5, 5.41) is 10.4. The third kappa shape index (κ3) is 10.2. The number of aliphatic carboxylic acids is 1. The van der Waals surface area contributed by atoms with Gasteiger partial charge in [0, 0.05) is 46.2 Å². The molecule has 0 amide bonds. The van der Waals surface area contributed by atoms with Crippen molar-refractivity contribution in [2.45, 2.75) is 88.2 Å². The number of carboxylic acid groups (broad SMARTS) is 1. The summed E-state index contributed by atoms with van der Waals surface area (Å²) in [6.45, 7) is 5.72. The molecule has 7 rings (SSSR count). The Balaban J connectivity index is 1.10. The van der Waals surface area contributed by atoms with Crippen LogP contribution < -0.4 is 19.1 Å². The second-order valence-corrected chi connectivity index (χ2v) is 21.0. The first-order valence-electron chi connectivity index (χ1n) is 21.3. The second-order valence-electron chi connectivity index (χ2n) is 17.0. The number of rotatable bonds is 16. The summed E-state index contributed by atoms with van der Waals surface area (Å²) in [4.78, 5) is 17.2. The predicted molar refractivity (Wildman–Crippen MR) is 251 cm³/mol. The smallest absolute Gasteiger partial charge is 0.328 e. The molecule has 0 saturated carbocycles. The van der Waals surface area contributed by atoms with E-state index < -0.39 is 39.0 Å². The SMILES string of the molecule is COc1ccc(CN(Cc2ccc(OC)cc2)S(=O)(=O)[C@H](C)[C@@H](C)C/C=C(\F)C(C(=O)O)N2CCC[C@H]2CN2C[C@@]3(CCCc4cc(Cl)ccc43)COc3ccc(I)cc32)cc1. The zero-order valence-electron chi connectivity index (χ0n) is 35.7. The average molecular weight is 1000 g/mol. The van der Waals surface area contributed by atoms with Crippen molar-refractivity contribution in [2.75, 3.05) is 45.4 Å². The van der Waals surface area contributed by atoms with Gasteiger partial charge in [0.1, 0.15) is 23.1 Å². The molecule has 4 aromatic rings. The number of halogens is 3. The number of hydrogen-bond acceptors (Lipinski definition) is 8. The molecule has 10 nitrogen and oxygen atoms in total. The summed E-state index contributed by atoms with van der Waals surface area (Å²) in [6, 6.07) is 25.0. The van der Waals surface area contributed by atoms with Crippen molar-refractivity contribution in [1.82, 2.24) is 9.21 Å². The van der Waals surface area contributed by atoms with Crippen LogP contribution in [-0.2, 0) is 39.7 Å². The fourth-order valence-electron chi connectivity index (χ4n) is 9.39. The average Bonchev–Trinajstić information content (AvgIpc) is 3.65. The minimum atomic E-state index is -3.95. The zero-order valence-corrected chi connectivity index (χ0v) is 39.5. The highest BCUT2D eigenvalue weighted by molar-refractivity contribution is 14.1. The molecular weight excluding hydrogens is 944 g/mol. The number of sulfonamides is 1. The lowest BCUT2D eigenvalue weighted by Crippen LogP contribution is -2.52. The Kier molecular flexibility index (Phi) is 14.8. The molecule has 0 radical (unpaired) electrons. The summed E-state index contributed by atoms with van der Waals surface area (Å²) < 4.78 is 65.1. The fourth-order valence-corrected chi connectivity index (χ4v) is 11.9. The predicted octanol–water partition coefficient (Wildman–Crippen LogP) is 9.65. The maximum absolute atomic E-state index is 16.6. The molecule has 1 saturated heterocycles. The van der Waals surface area contributed by atoms with Gasteiger partial charge in [-0.15, -0.1) is 0 Å². The highest BCUT2D eigenvalue weighted by atomic mass is 127. The number of benzene rings is 4. The van der Waals surface area contributed by atoms with Gasteiger partial charge in [-0.3, -0.25) is 9.69 Å². The number of anilines is 1. The Morgan fingerprint density at radius 3 is 2.29 bits per heavy atom. The number of fused-ring (bicyclic) bond motifs is 3. The zero-order chi connectivity index (χ0) is 44.2. The van der Waals surface area contributed by atoms with E-state index >= 15 is 4.39 Å². The Morgan fingerprint density at radius 1 is 1.00 bits per heavy atom. The van der Waals surface area contributed by atoms with Gasteiger partial charge in [-0.1, -0.05) is 54.9 Å². The molecule has 0 aromatic heterocycles. The van der Waals surface area contributed by atoms with E-state index in [1.165, 1.54) is 21.5 Å². The van der Waals surface area contributed by atoms with Crippen molar-refractivity contribution in [3.05, 3.63) is 128 Å². The first-order chi connectivity index (χ1) is 29.7. The van der Waals surface area contributed by atoms with E-state index in [2.05, 4.69) is 45.7 Å². The topological polar surface area (TPSA) is 109 Å². The first-order valence-corrected chi connectivity index (χ1v) is 24.2. The van der Waals surface area contributed by atoms with Crippen LogP contribution in [0.5, 0.6) is 17.2 Å². The van der Waals surface area contributed by atoms with Gasteiger partial charge in [0.2, 0.25) is 10.0 Å². The van der Waals surface area contributed by atoms with Gasteiger partial charge in [0.15, 0.2) is 6.04 Å². The Hall–Kier alpha value is -3.89. The normalized spacial score (nSPS) is 20.8. The molecule has 14 heteroatoms. The van der Waals surface area contributed by atoms with Gasteiger partial charge in [-0.2, -0.15) is 4.31 Å². The molecule has 62 heavy (non-hydrogen) atoms. The van der Waals surface area contributed by atoms with Crippen molar-refractivity contribution in [3.63, 3.8) is 0 Å². The standard InChI is InChI=1S/C48H56ClFIN3O7S/c1-32(33(2)62(57,58)53(27-34-10-16-40(59-3)17-11-34)28-35-12-18-41(60-4)19-13-35)9-21-43(50)46(47(55)56)54-24-6-8-39(54)29-52-30-48(31-61-45-22-15-38(51)26-44(45)52)23-5-7-36-25-37(49)14-20-42(36)48/h10-22,25-26,32-33,39,46H,5-9,23-24,27-31H2,1-4H3,(H,55,56)/b43-21-/t32-,33+,39-,46?,48-/m0/s1. The molecule has 0 bridgehead atoms. The monoisotopic (exact) mass is 999 g/mol. The van der Waals surface area contributed by atoms with Crippen LogP contribution in [0.4, 0.5) is 10.1 Å². The number of nitrogens with zero attached hydrogens (tertiary/aromatic N) is 3. The van der Waals surface area contributed by atoms with E-state index in [1.807, 2.05) is 42.5 Å². The molecule has 3 aliphatic rings. The molecule has 5 atom stereocenters. The number of methoxy groups -OCH3 is 2. The van der Waals surface area contributed by atoms with Gasteiger partial charge in [0.05, 0.1) is 31.8 Å². The Bertz CT molecular complexity index is 2300. The van der Waals surface area contributed by atoms with Crippen molar-refractivity contribution < 1.29 is 36.9 Å². The molecule has 1 spiro atoms. The van der Waals surface area contributed by atoms with Crippen LogP contribution in [0, 0.1) is 9.49 Å². The fraction of sp³-hybridized carbons (Fsp3) is 0.438. The molecule has 1 N–H and O–H groups in total. The summed E-state index contributed by atoms with van der Waals surface area (Å²) in [5.74, 6) is -0.486. The molecule has 2 aliphatic heterocycles. The second kappa shape index (κ2) is 19.9.